The number of ketones is 1. The molecule has 3 aromatic rings. The van der Waals surface area contributed by atoms with E-state index in [-0.39, 0.29) is 5.78 Å². The summed E-state index contributed by atoms with van der Waals surface area (Å²) in [5.41, 5.74) is 9.27. The average Bonchev–Trinajstić information content (AvgIpc) is 3.02. The van der Waals surface area contributed by atoms with Crippen LogP contribution in [0.1, 0.15) is 15.9 Å². The van der Waals surface area contributed by atoms with E-state index in [4.69, 9.17) is 5.73 Å². The highest BCUT2D eigenvalue weighted by molar-refractivity contribution is 6.10. The zero-order valence-electron chi connectivity index (χ0n) is 15.6. The van der Waals surface area contributed by atoms with Crippen molar-refractivity contribution in [1.82, 2.24) is 19.4 Å². The van der Waals surface area contributed by atoms with Gasteiger partial charge < -0.3 is 15.2 Å². The fraction of sp³-hybridized carbons (Fsp3) is 0.333. The average molecular weight is 363 g/mol. The second-order valence-electron chi connectivity index (χ2n) is 7.17. The molecule has 1 aliphatic rings. The summed E-state index contributed by atoms with van der Waals surface area (Å²) in [4.78, 5) is 22.0. The Hall–Kier alpha value is -2.70. The van der Waals surface area contributed by atoms with Crippen molar-refractivity contribution in [1.29, 1.82) is 0 Å². The quantitative estimate of drug-likeness (QED) is 0.703. The number of hydrogen-bond donors (Lipinski definition) is 1. The normalized spacial score (nSPS) is 16.0. The molecule has 140 valence electrons. The summed E-state index contributed by atoms with van der Waals surface area (Å²) in [5, 5.41) is 0. The van der Waals surface area contributed by atoms with Gasteiger partial charge in [-0.15, -0.1) is 0 Å². The van der Waals surface area contributed by atoms with Gasteiger partial charge in [0, 0.05) is 50.4 Å². The highest BCUT2D eigenvalue weighted by Gasteiger charge is 2.16. The SMILES string of the molecule is CN1CCN(CCn2c(N)nc3ccc(C(=O)c4ccccc4)cc32)CC1. The van der Waals surface area contributed by atoms with E-state index in [0.29, 0.717) is 17.1 Å². The van der Waals surface area contributed by atoms with Gasteiger partial charge in [0.25, 0.3) is 0 Å². The molecule has 0 radical (unpaired) electrons. The van der Waals surface area contributed by atoms with Gasteiger partial charge in [-0.05, 0) is 25.2 Å². The molecule has 2 N–H and O–H groups in total. The number of nitrogen functional groups attached to an aromatic ring is 1. The summed E-state index contributed by atoms with van der Waals surface area (Å²) < 4.78 is 2.02. The molecule has 6 heteroatoms. The van der Waals surface area contributed by atoms with Crippen LogP contribution >= 0.6 is 0 Å². The van der Waals surface area contributed by atoms with Crippen LogP contribution in [0.3, 0.4) is 0 Å². The van der Waals surface area contributed by atoms with Crippen LogP contribution in [0.5, 0.6) is 0 Å². The number of anilines is 1. The van der Waals surface area contributed by atoms with Crippen LogP contribution in [0.15, 0.2) is 48.5 Å². The largest absolute Gasteiger partial charge is 0.369 e. The molecule has 0 bridgehead atoms. The van der Waals surface area contributed by atoms with E-state index in [2.05, 4.69) is 21.8 Å². The van der Waals surface area contributed by atoms with Crippen molar-refractivity contribution >= 4 is 22.8 Å². The third-order valence-corrected chi connectivity index (χ3v) is 5.31. The highest BCUT2D eigenvalue weighted by Crippen LogP contribution is 2.21. The van der Waals surface area contributed by atoms with Crippen molar-refractivity contribution in [2.45, 2.75) is 6.54 Å². The van der Waals surface area contributed by atoms with Gasteiger partial charge in [0.2, 0.25) is 5.95 Å². The Labute approximate surface area is 159 Å². The van der Waals surface area contributed by atoms with Crippen molar-refractivity contribution in [2.24, 2.45) is 0 Å². The van der Waals surface area contributed by atoms with Crippen molar-refractivity contribution in [3.63, 3.8) is 0 Å². The highest BCUT2D eigenvalue weighted by atomic mass is 16.1. The molecule has 0 aliphatic carbocycles. The molecule has 0 spiro atoms. The number of carbonyl (C=O) groups is 1. The maximum Gasteiger partial charge on any atom is 0.201 e. The lowest BCUT2D eigenvalue weighted by atomic mass is 10.0. The van der Waals surface area contributed by atoms with Crippen LogP contribution < -0.4 is 5.73 Å². The Balaban J connectivity index is 1.57. The zero-order chi connectivity index (χ0) is 18.8. The van der Waals surface area contributed by atoms with Gasteiger partial charge in [-0.3, -0.25) is 9.69 Å². The van der Waals surface area contributed by atoms with E-state index >= 15 is 0 Å². The maximum atomic E-state index is 12.8. The number of aromatic nitrogens is 2. The number of benzene rings is 2. The van der Waals surface area contributed by atoms with E-state index in [1.54, 1.807) is 0 Å². The first kappa shape index (κ1) is 17.7. The number of hydrogen-bond acceptors (Lipinski definition) is 5. The lowest BCUT2D eigenvalue weighted by molar-refractivity contribution is 0.103. The van der Waals surface area contributed by atoms with E-state index in [1.807, 2.05) is 53.1 Å². The summed E-state index contributed by atoms with van der Waals surface area (Å²) >= 11 is 0. The summed E-state index contributed by atoms with van der Waals surface area (Å²) in [6, 6.07) is 15.0. The Morgan fingerprint density at radius 1 is 1.00 bits per heavy atom. The molecule has 4 rings (SSSR count). The third kappa shape index (κ3) is 3.72. The van der Waals surface area contributed by atoms with Gasteiger partial charge in [-0.2, -0.15) is 0 Å². The number of likely N-dealkylation sites (N-methyl/N-ethyl adjacent to an activating group) is 1. The fourth-order valence-electron chi connectivity index (χ4n) is 3.59. The van der Waals surface area contributed by atoms with Crippen molar-refractivity contribution < 1.29 is 4.79 Å². The second-order valence-corrected chi connectivity index (χ2v) is 7.17. The van der Waals surface area contributed by atoms with Gasteiger partial charge in [0.1, 0.15) is 0 Å². The minimum atomic E-state index is 0.0166. The molecule has 0 atom stereocenters. The molecule has 0 unspecified atom stereocenters. The molecular weight excluding hydrogens is 338 g/mol. The first-order valence-electron chi connectivity index (χ1n) is 9.38. The number of imidazole rings is 1. The van der Waals surface area contributed by atoms with Crippen molar-refractivity contribution in [2.75, 3.05) is 45.5 Å². The van der Waals surface area contributed by atoms with Gasteiger partial charge >= 0.3 is 0 Å². The Kier molecular flexibility index (Phi) is 4.92. The minimum absolute atomic E-state index is 0.0166. The predicted molar refractivity (Wildman–Crippen MR) is 108 cm³/mol. The number of rotatable bonds is 5. The van der Waals surface area contributed by atoms with E-state index in [1.165, 1.54) is 0 Å². The molecule has 1 aliphatic heterocycles. The lowest BCUT2D eigenvalue weighted by Crippen LogP contribution is -2.45. The molecule has 27 heavy (non-hydrogen) atoms. The number of nitrogens with zero attached hydrogens (tertiary/aromatic N) is 4. The van der Waals surface area contributed by atoms with Gasteiger partial charge in [0.15, 0.2) is 5.78 Å². The summed E-state index contributed by atoms with van der Waals surface area (Å²) in [7, 11) is 2.16. The standard InChI is InChI=1S/C21H25N5O/c1-24-9-11-25(12-10-24)13-14-26-19-15-17(7-8-18(19)23-21(26)22)20(27)16-5-3-2-4-6-16/h2-8,15H,9-14H2,1H3,(H2,22,23). The third-order valence-electron chi connectivity index (χ3n) is 5.31. The molecule has 2 aromatic carbocycles. The van der Waals surface area contributed by atoms with E-state index in [0.717, 1.165) is 50.3 Å². The molecule has 1 saturated heterocycles. The summed E-state index contributed by atoms with van der Waals surface area (Å²) in [6.07, 6.45) is 0. The van der Waals surface area contributed by atoms with Gasteiger partial charge in [-0.25, -0.2) is 4.98 Å². The summed E-state index contributed by atoms with van der Waals surface area (Å²) in [6.45, 7) is 6.03. The molecule has 1 aromatic heterocycles. The number of fused-ring (bicyclic) bond motifs is 1. The van der Waals surface area contributed by atoms with Crippen LogP contribution in [-0.4, -0.2) is 64.9 Å². The lowest BCUT2D eigenvalue weighted by Gasteiger charge is -2.32. The topological polar surface area (TPSA) is 67.4 Å². The van der Waals surface area contributed by atoms with Crippen LogP contribution in [0.2, 0.25) is 0 Å². The van der Waals surface area contributed by atoms with Crippen LogP contribution in [0, 0.1) is 0 Å². The monoisotopic (exact) mass is 363 g/mol. The number of carbonyl (C=O) groups excluding carboxylic acids is 1. The van der Waals surface area contributed by atoms with Gasteiger partial charge in [-0.1, -0.05) is 30.3 Å². The van der Waals surface area contributed by atoms with Crippen LogP contribution in [-0.2, 0) is 6.54 Å². The van der Waals surface area contributed by atoms with Gasteiger partial charge in [0.05, 0.1) is 11.0 Å². The molecule has 6 nitrogen and oxygen atoms in total. The zero-order valence-corrected chi connectivity index (χ0v) is 15.6. The first-order chi connectivity index (χ1) is 13.1. The smallest absolute Gasteiger partial charge is 0.201 e. The van der Waals surface area contributed by atoms with Crippen LogP contribution in [0.4, 0.5) is 5.95 Å². The molecule has 0 amide bonds. The molecule has 1 fully saturated rings. The maximum absolute atomic E-state index is 12.8. The fourth-order valence-corrected chi connectivity index (χ4v) is 3.59. The molecular formula is C21H25N5O. The Morgan fingerprint density at radius 3 is 2.48 bits per heavy atom. The minimum Gasteiger partial charge on any atom is -0.369 e. The molecule has 2 heterocycles. The first-order valence-corrected chi connectivity index (χ1v) is 9.38. The number of piperazine rings is 1. The summed E-state index contributed by atoms with van der Waals surface area (Å²) in [5.74, 6) is 0.520. The Bertz CT molecular complexity index is 942. The van der Waals surface area contributed by atoms with E-state index in [9.17, 15) is 4.79 Å². The second kappa shape index (κ2) is 7.50. The van der Waals surface area contributed by atoms with Crippen molar-refractivity contribution in [3.05, 3.63) is 59.7 Å². The Morgan fingerprint density at radius 2 is 1.74 bits per heavy atom. The molecule has 0 saturated carbocycles. The van der Waals surface area contributed by atoms with E-state index < -0.39 is 0 Å². The number of nitrogens with two attached hydrogens (primary N) is 1. The van der Waals surface area contributed by atoms with Crippen molar-refractivity contribution in [3.8, 4) is 0 Å². The predicted octanol–water partition coefficient (Wildman–Crippen LogP) is 2.10. The van der Waals surface area contributed by atoms with Crippen LogP contribution in [0.25, 0.3) is 11.0 Å².